The summed E-state index contributed by atoms with van der Waals surface area (Å²) in [7, 11) is 0. The molecule has 0 bridgehead atoms. The summed E-state index contributed by atoms with van der Waals surface area (Å²) >= 11 is 6.39. The normalized spacial score (nSPS) is 14.9. The van der Waals surface area contributed by atoms with Crippen LogP contribution in [0.3, 0.4) is 0 Å². The molecule has 2 amide bonds. The molecule has 166 valence electrons. The first-order chi connectivity index (χ1) is 15.0. The van der Waals surface area contributed by atoms with Gasteiger partial charge in [0, 0.05) is 24.0 Å². The molecule has 1 N–H and O–H groups in total. The molecule has 1 fully saturated rings. The number of benzene rings is 2. The molecule has 0 spiro atoms. The Kier molecular flexibility index (Phi) is 8.53. The summed E-state index contributed by atoms with van der Waals surface area (Å²) in [6, 6.07) is 15.5. The highest BCUT2D eigenvalue weighted by molar-refractivity contribution is 6.31. The monoisotopic (exact) mass is 440 g/mol. The van der Waals surface area contributed by atoms with E-state index in [1.807, 2.05) is 31.2 Å². The zero-order chi connectivity index (χ0) is 22.2. The smallest absolute Gasteiger partial charge is 0.243 e. The van der Waals surface area contributed by atoms with Crippen LogP contribution in [-0.4, -0.2) is 28.8 Å². The first kappa shape index (κ1) is 23.3. The molecule has 3 rings (SSSR count). The predicted octanol–water partition coefficient (Wildman–Crippen LogP) is 5.45. The van der Waals surface area contributed by atoms with E-state index >= 15 is 0 Å². The van der Waals surface area contributed by atoms with Gasteiger partial charge in [-0.2, -0.15) is 0 Å². The second kappa shape index (κ2) is 11.3. The van der Waals surface area contributed by atoms with E-state index in [-0.39, 0.29) is 17.9 Å². The van der Waals surface area contributed by atoms with E-state index < -0.39 is 6.04 Å². The summed E-state index contributed by atoms with van der Waals surface area (Å²) in [5.41, 5.74) is 3.19. The van der Waals surface area contributed by atoms with Crippen LogP contribution in [0.15, 0.2) is 48.5 Å². The molecule has 1 aliphatic rings. The van der Waals surface area contributed by atoms with E-state index in [4.69, 9.17) is 11.6 Å². The Hall–Kier alpha value is -2.33. The number of nitrogens with one attached hydrogen (secondary N) is 1. The van der Waals surface area contributed by atoms with Crippen LogP contribution >= 0.6 is 11.6 Å². The first-order valence-electron chi connectivity index (χ1n) is 11.4. The average molecular weight is 441 g/mol. The van der Waals surface area contributed by atoms with Crippen molar-refractivity contribution in [2.45, 2.75) is 77.4 Å². The lowest BCUT2D eigenvalue weighted by molar-refractivity contribution is -0.141. The summed E-state index contributed by atoms with van der Waals surface area (Å²) in [4.78, 5) is 28.2. The molecule has 0 heterocycles. The van der Waals surface area contributed by atoms with E-state index in [1.54, 1.807) is 4.90 Å². The molecular weight excluding hydrogens is 408 g/mol. The van der Waals surface area contributed by atoms with Crippen LogP contribution in [-0.2, 0) is 22.6 Å². The zero-order valence-electron chi connectivity index (χ0n) is 18.6. The topological polar surface area (TPSA) is 49.4 Å². The van der Waals surface area contributed by atoms with Crippen molar-refractivity contribution in [1.82, 2.24) is 10.2 Å². The number of nitrogens with zero attached hydrogens (tertiary/aromatic N) is 1. The van der Waals surface area contributed by atoms with Crippen molar-refractivity contribution in [2.24, 2.45) is 0 Å². The third kappa shape index (κ3) is 6.57. The number of halogens is 1. The van der Waals surface area contributed by atoms with Gasteiger partial charge < -0.3 is 10.2 Å². The van der Waals surface area contributed by atoms with Gasteiger partial charge in [-0.25, -0.2) is 0 Å². The molecule has 2 aromatic rings. The molecule has 0 aromatic heterocycles. The number of hydrogen-bond donors (Lipinski definition) is 1. The van der Waals surface area contributed by atoms with Crippen molar-refractivity contribution in [2.75, 3.05) is 0 Å². The number of carbonyl (C=O) groups excluding carboxylic acids is 2. The fourth-order valence-electron chi connectivity index (χ4n) is 4.25. The largest absolute Gasteiger partial charge is 0.352 e. The van der Waals surface area contributed by atoms with E-state index in [2.05, 4.69) is 36.5 Å². The van der Waals surface area contributed by atoms with Crippen molar-refractivity contribution in [3.63, 3.8) is 0 Å². The molecule has 0 unspecified atom stereocenters. The highest BCUT2D eigenvalue weighted by Gasteiger charge is 2.30. The Balaban J connectivity index is 1.76. The van der Waals surface area contributed by atoms with Gasteiger partial charge in [0.1, 0.15) is 6.04 Å². The maximum absolute atomic E-state index is 13.3. The molecule has 4 nitrogen and oxygen atoms in total. The third-order valence-electron chi connectivity index (χ3n) is 6.13. The summed E-state index contributed by atoms with van der Waals surface area (Å²) in [5, 5.41) is 3.80. The van der Waals surface area contributed by atoms with Crippen LogP contribution in [0.5, 0.6) is 0 Å². The highest BCUT2D eigenvalue weighted by Crippen LogP contribution is 2.22. The number of aryl methyl sites for hydroxylation is 2. The van der Waals surface area contributed by atoms with Crippen LogP contribution < -0.4 is 5.32 Å². The van der Waals surface area contributed by atoms with Gasteiger partial charge in [0.15, 0.2) is 0 Å². The maximum Gasteiger partial charge on any atom is 0.243 e. The quantitative estimate of drug-likeness (QED) is 0.563. The summed E-state index contributed by atoms with van der Waals surface area (Å²) in [6.45, 7) is 4.35. The molecule has 2 aromatic carbocycles. The molecule has 31 heavy (non-hydrogen) atoms. The second-order valence-electron chi connectivity index (χ2n) is 8.51. The van der Waals surface area contributed by atoms with Crippen LogP contribution in [0.4, 0.5) is 0 Å². The van der Waals surface area contributed by atoms with E-state index in [1.165, 1.54) is 5.56 Å². The van der Waals surface area contributed by atoms with Crippen LogP contribution in [0, 0.1) is 6.92 Å². The first-order valence-corrected chi connectivity index (χ1v) is 11.7. The van der Waals surface area contributed by atoms with Crippen molar-refractivity contribution in [3.05, 3.63) is 70.2 Å². The van der Waals surface area contributed by atoms with Crippen LogP contribution in [0.2, 0.25) is 5.02 Å². The van der Waals surface area contributed by atoms with Gasteiger partial charge in [0.2, 0.25) is 11.8 Å². The van der Waals surface area contributed by atoms with E-state index in [9.17, 15) is 9.59 Å². The van der Waals surface area contributed by atoms with Gasteiger partial charge in [-0.05, 0) is 49.8 Å². The molecule has 1 saturated carbocycles. The molecule has 1 atom stereocenters. The summed E-state index contributed by atoms with van der Waals surface area (Å²) in [6.07, 6.45) is 5.93. The van der Waals surface area contributed by atoms with Gasteiger partial charge in [0.25, 0.3) is 0 Å². The third-order valence-corrected chi connectivity index (χ3v) is 6.50. The zero-order valence-corrected chi connectivity index (χ0v) is 19.3. The molecule has 1 aliphatic carbocycles. The SMILES string of the molecule is CC[C@@H](C(=O)NC1CCCC1)N(Cc1ccccc1Cl)C(=O)CCc1ccc(C)cc1. The van der Waals surface area contributed by atoms with Gasteiger partial charge in [-0.3, -0.25) is 9.59 Å². The predicted molar refractivity (Wildman–Crippen MR) is 126 cm³/mol. The minimum absolute atomic E-state index is 0.0195. The summed E-state index contributed by atoms with van der Waals surface area (Å²) in [5.74, 6) is -0.0703. The Labute approximate surface area is 191 Å². The van der Waals surface area contributed by atoms with Gasteiger partial charge in [0.05, 0.1) is 0 Å². The van der Waals surface area contributed by atoms with Crippen LogP contribution in [0.1, 0.15) is 62.1 Å². The van der Waals surface area contributed by atoms with Crippen molar-refractivity contribution in [1.29, 1.82) is 0 Å². The summed E-state index contributed by atoms with van der Waals surface area (Å²) < 4.78 is 0. The Morgan fingerprint density at radius 1 is 1.10 bits per heavy atom. The van der Waals surface area contributed by atoms with Gasteiger partial charge in [-0.15, -0.1) is 0 Å². The second-order valence-corrected chi connectivity index (χ2v) is 8.92. The fraction of sp³-hybridized carbons (Fsp3) is 0.462. The minimum Gasteiger partial charge on any atom is -0.352 e. The highest BCUT2D eigenvalue weighted by atomic mass is 35.5. The number of amides is 2. The average Bonchev–Trinajstić information content (AvgIpc) is 3.27. The van der Waals surface area contributed by atoms with Crippen molar-refractivity contribution >= 4 is 23.4 Å². The molecule has 0 aliphatic heterocycles. The lowest BCUT2D eigenvalue weighted by Gasteiger charge is -2.32. The molecular formula is C26H33ClN2O2. The maximum atomic E-state index is 13.3. The van der Waals surface area contributed by atoms with Crippen molar-refractivity contribution in [3.8, 4) is 0 Å². The van der Waals surface area contributed by atoms with E-state index in [0.717, 1.165) is 36.8 Å². The lowest BCUT2D eigenvalue weighted by Crippen LogP contribution is -2.51. The van der Waals surface area contributed by atoms with Crippen LogP contribution in [0.25, 0.3) is 0 Å². The Morgan fingerprint density at radius 2 is 1.77 bits per heavy atom. The van der Waals surface area contributed by atoms with E-state index in [0.29, 0.717) is 30.8 Å². The standard InChI is InChI=1S/C26H33ClN2O2/c1-3-24(26(31)28-22-9-5-6-10-22)29(18-21-8-4-7-11-23(21)27)25(30)17-16-20-14-12-19(2)13-15-20/h4,7-8,11-15,22,24H,3,5-6,9-10,16-18H2,1-2H3,(H,28,31)/t24-/m0/s1. The Bertz CT molecular complexity index is 875. The van der Waals surface area contributed by atoms with Gasteiger partial charge >= 0.3 is 0 Å². The number of carbonyl (C=O) groups is 2. The number of hydrogen-bond acceptors (Lipinski definition) is 2. The Morgan fingerprint density at radius 3 is 2.42 bits per heavy atom. The molecule has 0 saturated heterocycles. The molecule has 5 heteroatoms. The lowest BCUT2D eigenvalue weighted by atomic mass is 10.0. The number of rotatable bonds is 9. The fourth-order valence-corrected chi connectivity index (χ4v) is 4.44. The van der Waals surface area contributed by atoms with Crippen molar-refractivity contribution < 1.29 is 9.59 Å². The molecule has 0 radical (unpaired) electrons. The minimum atomic E-state index is -0.498. The van der Waals surface area contributed by atoms with Gasteiger partial charge in [-0.1, -0.05) is 79.4 Å².